The average Bonchev–Trinajstić information content (AvgIpc) is 3.15. The summed E-state index contributed by atoms with van der Waals surface area (Å²) < 4.78 is 10.7. The Hall–Kier alpha value is -2.83. The number of amides is 1. The molecule has 4 rings (SSSR count). The van der Waals surface area contributed by atoms with Crippen LogP contribution in [0, 0.1) is 5.92 Å². The molecule has 0 radical (unpaired) electrons. The molecule has 2 aliphatic heterocycles. The number of benzene rings is 1. The summed E-state index contributed by atoms with van der Waals surface area (Å²) in [6, 6.07) is 5.81. The van der Waals surface area contributed by atoms with Gasteiger partial charge < -0.3 is 19.7 Å². The molecule has 26 heavy (non-hydrogen) atoms. The molecule has 7 heteroatoms. The molecule has 0 atom stereocenters. The van der Waals surface area contributed by atoms with Crippen LogP contribution in [0.5, 0.6) is 11.5 Å². The summed E-state index contributed by atoms with van der Waals surface area (Å²) in [6.45, 7) is 4.67. The van der Waals surface area contributed by atoms with Crippen LogP contribution in [-0.2, 0) is 6.54 Å². The van der Waals surface area contributed by atoms with Gasteiger partial charge in [-0.25, -0.2) is 9.97 Å². The summed E-state index contributed by atoms with van der Waals surface area (Å²) in [5.74, 6) is 2.81. The summed E-state index contributed by atoms with van der Waals surface area (Å²) in [6.07, 6.45) is 5.25. The molecule has 2 aromatic rings. The first-order chi connectivity index (χ1) is 12.7. The van der Waals surface area contributed by atoms with E-state index in [0.717, 1.165) is 43.0 Å². The zero-order valence-corrected chi connectivity index (χ0v) is 14.8. The Balaban J connectivity index is 1.35. The maximum absolute atomic E-state index is 12.5. The van der Waals surface area contributed by atoms with Crippen molar-refractivity contribution in [3.8, 4) is 11.5 Å². The SMILES string of the molecule is CC1CCN(C(=O)c2cnc(NCc3ccc4c(c3)OCO4)cn2)CC1. The second-order valence-electron chi connectivity index (χ2n) is 6.80. The highest BCUT2D eigenvalue weighted by molar-refractivity contribution is 5.92. The first-order valence-corrected chi connectivity index (χ1v) is 8.93. The topological polar surface area (TPSA) is 76.6 Å². The lowest BCUT2D eigenvalue weighted by Crippen LogP contribution is -2.38. The first kappa shape index (κ1) is 16.6. The number of ether oxygens (including phenoxy) is 2. The van der Waals surface area contributed by atoms with Crippen molar-refractivity contribution >= 4 is 11.7 Å². The van der Waals surface area contributed by atoms with Crippen molar-refractivity contribution in [1.29, 1.82) is 0 Å². The molecule has 1 fully saturated rings. The van der Waals surface area contributed by atoms with Crippen LogP contribution < -0.4 is 14.8 Å². The van der Waals surface area contributed by atoms with Crippen LogP contribution in [0.2, 0.25) is 0 Å². The van der Waals surface area contributed by atoms with Crippen LogP contribution in [0.1, 0.15) is 35.8 Å². The van der Waals surface area contributed by atoms with E-state index >= 15 is 0 Å². The summed E-state index contributed by atoms with van der Waals surface area (Å²) in [5, 5.41) is 3.21. The van der Waals surface area contributed by atoms with Crippen molar-refractivity contribution in [3.63, 3.8) is 0 Å². The van der Waals surface area contributed by atoms with Crippen molar-refractivity contribution in [2.75, 3.05) is 25.2 Å². The molecule has 1 aromatic heterocycles. The lowest BCUT2D eigenvalue weighted by Gasteiger charge is -2.29. The van der Waals surface area contributed by atoms with Gasteiger partial charge in [0, 0.05) is 19.6 Å². The molecular formula is C19H22N4O3. The number of likely N-dealkylation sites (tertiary alicyclic amines) is 1. The van der Waals surface area contributed by atoms with E-state index in [4.69, 9.17) is 9.47 Å². The minimum absolute atomic E-state index is 0.0354. The second-order valence-corrected chi connectivity index (χ2v) is 6.80. The Kier molecular flexibility index (Phi) is 4.60. The highest BCUT2D eigenvalue weighted by Crippen LogP contribution is 2.32. The molecule has 0 bridgehead atoms. The molecule has 1 saturated heterocycles. The third kappa shape index (κ3) is 3.56. The summed E-state index contributed by atoms with van der Waals surface area (Å²) >= 11 is 0. The maximum Gasteiger partial charge on any atom is 0.274 e. The highest BCUT2D eigenvalue weighted by Gasteiger charge is 2.22. The Labute approximate surface area is 152 Å². The molecule has 0 saturated carbocycles. The number of nitrogens with one attached hydrogen (secondary N) is 1. The molecule has 0 spiro atoms. The van der Waals surface area contributed by atoms with Gasteiger partial charge in [-0.3, -0.25) is 4.79 Å². The third-order valence-electron chi connectivity index (χ3n) is 4.85. The van der Waals surface area contributed by atoms with Crippen LogP contribution in [0.4, 0.5) is 5.82 Å². The molecule has 2 aliphatic rings. The fourth-order valence-electron chi connectivity index (χ4n) is 3.15. The van der Waals surface area contributed by atoms with E-state index in [2.05, 4.69) is 22.2 Å². The van der Waals surface area contributed by atoms with Crippen molar-refractivity contribution in [2.24, 2.45) is 5.92 Å². The van der Waals surface area contributed by atoms with Gasteiger partial charge in [0.1, 0.15) is 11.5 Å². The largest absolute Gasteiger partial charge is 0.454 e. The van der Waals surface area contributed by atoms with Crippen molar-refractivity contribution in [3.05, 3.63) is 41.9 Å². The molecule has 0 aliphatic carbocycles. The molecule has 0 unspecified atom stereocenters. The Morgan fingerprint density at radius 1 is 1.19 bits per heavy atom. The molecule has 7 nitrogen and oxygen atoms in total. The quantitative estimate of drug-likeness (QED) is 0.910. The number of carbonyl (C=O) groups excluding carboxylic acids is 1. The maximum atomic E-state index is 12.5. The predicted octanol–water partition coefficient (Wildman–Crippen LogP) is 2.69. The van der Waals surface area contributed by atoms with E-state index in [-0.39, 0.29) is 12.7 Å². The van der Waals surface area contributed by atoms with Gasteiger partial charge >= 0.3 is 0 Å². The fraction of sp³-hybridized carbons (Fsp3) is 0.421. The number of nitrogens with zero attached hydrogens (tertiary/aromatic N) is 3. The molecule has 1 aromatic carbocycles. The normalized spacial score (nSPS) is 16.6. The van der Waals surface area contributed by atoms with E-state index < -0.39 is 0 Å². The standard InChI is InChI=1S/C19H22N4O3/c1-13-4-6-23(7-5-13)19(24)15-10-22-18(11-20-15)21-9-14-2-3-16-17(8-14)26-12-25-16/h2-3,8,10-11,13H,4-7,9,12H2,1H3,(H,21,22). The van der Waals surface area contributed by atoms with Gasteiger partial charge in [-0.05, 0) is 36.5 Å². The van der Waals surface area contributed by atoms with Gasteiger partial charge in [-0.15, -0.1) is 0 Å². The minimum Gasteiger partial charge on any atom is -0.454 e. The zero-order valence-electron chi connectivity index (χ0n) is 14.8. The number of piperidine rings is 1. The minimum atomic E-state index is -0.0354. The molecule has 1 amide bonds. The summed E-state index contributed by atoms with van der Waals surface area (Å²) in [7, 11) is 0. The molecule has 1 N–H and O–H groups in total. The van der Waals surface area contributed by atoms with Crippen LogP contribution in [0.25, 0.3) is 0 Å². The van der Waals surface area contributed by atoms with Crippen LogP contribution in [0.3, 0.4) is 0 Å². The van der Waals surface area contributed by atoms with Crippen LogP contribution in [0.15, 0.2) is 30.6 Å². The van der Waals surface area contributed by atoms with Gasteiger partial charge in [0.05, 0.1) is 12.4 Å². The average molecular weight is 354 g/mol. The van der Waals surface area contributed by atoms with Gasteiger partial charge in [0.15, 0.2) is 11.5 Å². The second kappa shape index (κ2) is 7.19. The number of aromatic nitrogens is 2. The third-order valence-corrected chi connectivity index (χ3v) is 4.85. The van der Waals surface area contributed by atoms with Crippen LogP contribution >= 0.6 is 0 Å². The lowest BCUT2D eigenvalue weighted by atomic mass is 9.99. The number of hydrogen-bond acceptors (Lipinski definition) is 6. The van der Waals surface area contributed by atoms with Gasteiger partial charge in [0.25, 0.3) is 5.91 Å². The number of hydrogen-bond donors (Lipinski definition) is 1. The van der Waals surface area contributed by atoms with Gasteiger partial charge in [-0.2, -0.15) is 0 Å². The summed E-state index contributed by atoms with van der Waals surface area (Å²) in [5.41, 5.74) is 1.45. The number of anilines is 1. The number of fused-ring (bicyclic) bond motifs is 1. The van der Waals surface area contributed by atoms with Crippen molar-refractivity contribution in [2.45, 2.75) is 26.3 Å². The van der Waals surface area contributed by atoms with Crippen LogP contribution in [-0.4, -0.2) is 40.7 Å². The van der Waals surface area contributed by atoms with E-state index in [1.165, 1.54) is 0 Å². The van der Waals surface area contributed by atoms with Crippen molar-refractivity contribution < 1.29 is 14.3 Å². The number of carbonyl (C=O) groups is 1. The highest BCUT2D eigenvalue weighted by atomic mass is 16.7. The predicted molar refractivity (Wildman–Crippen MR) is 96.2 cm³/mol. The van der Waals surface area contributed by atoms with E-state index in [1.807, 2.05) is 23.1 Å². The van der Waals surface area contributed by atoms with E-state index in [1.54, 1.807) is 12.4 Å². The van der Waals surface area contributed by atoms with Gasteiger partial charge in [-0.1, -0.05) is 13.0 Å². The Morgan fingerprint density at radius 3 is 2.77 bits per heavy atom. The summed E-state index contributed by atoms with van der Waals surface area (Å²) in [4.78, 5) is 22.9. The Bertz CT molecular complexity index is 786. The smallest absolute Gasteiger partial charge is 0.274 e. The van der Waals surface area contributed by atoms with Gasteiger partial charge in [0.2, 0.25) is 6.79 Å². The lowest BCUT2D eigenvalue weighted by molar-refractivity contribution is 0.0691. The first-order valence-electron chi connectivity index (χ1n) is 8.93. The fourth-order valence-corrected chi connectivity index (χ4v) is 3.15. The van der Waals surface area contributed by atoms with E-state index in [9.17, 15) is 4.79 Å². The Morgan fingerprint density at radius 2 is 2.00 bits per heavy atom. The van der Waals surface area contributed by atoms with Crippen molar-refractivity contribution in [1.82, 2.24) is 14.9 Å². The zero-order chi connectivity index (χ0) is 17.9. The van der Waals surface area contributed by atoms with E-state index in [0.29, 0.717) is 24.0 Å². The monoisotopic (exact) mass is 354 g/mol. The number of rotatable bonds is 4. The molecule has 136 valence electrons. The molecular weight excluding hydrogens is 332 g/mol. The molecule has 3 heterocycles.